The van der Waals surface area contributed by atoms with Crippen LogP contribution >= 0.6 is 0 Å². The second kappa shape index (κ2) is 11.4. The van der Waals surface area contributed by atoms with Crippen LogP contribution in [0.1, 0.15) is 0 Å². The molecule has 0 aromatic carbocycles. The van der Waals surface area contributed by atoms with Crippen molar-refractivity contribution in [1.82, 2.24) is 0 Å². The first-order valence-corrected chi connectivity index (χ1v) is 2.93. The van der Waals surface area contributed by atoms with E-state index < -0.39 is 6.10 Å². The molecule has 10 heavy (non-hydrogen) atoms. The molecule has 0 amide bonds. The summed E-state index contributed by atoms with van der Waals surface area (Å²) >= 11 is 0. The Labute approximate surface area is 60.6 Å². The first kappa shape index (κ1) is 12.3. The summed E-state index contributed by atoms with van der Waals surface area (Å²) in [7, 11) is 0. The molecule has 0 radical (unpaired) electrons. The van der Waals surface area contributed by atoms with Crippen LogP contribution in [0.15, 0.2) is 12.7 Å². The maximum absolute atomic E-state index is 8.17. The van der Waals surface area contributed by atoms with Crippen molar-refractivity contribution in [3.05, 3.63) is 12.7 Å². The van der Waals surface area contributed by atoms with Gasteiger partial charge in [0, 0.05) is 6.54 Å². The molecule has 0 aliphatic heterocycles. The fourth-order valence-corrected chi connectivity index (χ4v) is 0.0577. The first-order chi connectivity index (χ1) is 4.72. The van der Waals surface area contributed by atoms with Crippen LogP contribution in [0.25, 0.3) is 0 Å². The summed E-state index contributed by atoms with van der Waals surface area (Å²) in [5, 5.41) is 24.0. The van der Waals surface area contributed by atoms with Gasteiger partial charge in [-0.3, -0.25) is 0 Å². The number of nitrogens with two attached hydrogens (primary N) is 1. The number of hydrogen-bond donors (Lipinski definition) is 4. The largest absolute Gasteiger partial charge is 0.394 e. The number of aliphatic hydroxyl groups excluding tert-OH is 3. The molecule has 0 aliphatic rings. The monoisotopic (exact) mass is 149 g/mol. The molecule has 0 bridgehead atoms. The lowest BCUT2D eigenvalue weighted by molar-refractivity contribution is 0.0450. The highest BCUT2D eigenvalue weighted by atomic mass is 16.3. The third-order valence-corrected chi connectivity index (χ3v) is 0.588. The van der Waals surface area contributed by atoms with Crippen LogP contribution in [0.3, 0.4) is 0 Å². The maximum Gasteiger partial charge on any atom is 0.100 e. The van der Waals surface area contributed by atoms with Gasteiger partial charge in [-0.05, 0) is 0 Å². The van der Waals surface area contributed by atoms with E-state index in [1.54, 1.807) is 6.08 Å². The van der Waals surface area contributed by atoms with Crippen LogP contribution < -0.4 is 5.73 Å². The zero-order valence-electron chi connectivity index (χ0n) is 5.90. The van der Waals surface area contributed by atoms with Gasteiger partial charge in [0.05, 0.1) is 13.2 Å². The van der Waals surface area contributed by atoms with E-state index in [2.05, 4.69) is 6.58 Å². The van der Waals surface area contributed by atoms with Gasteiger partial charge in [0.25, 0.3) is 0 Å². The molecule has 0 aliphatic carbocycles. The zero-order chi connectivity index (χ0) is 8.41. The van der Waals surface area contributed by atoms with Gasteiger partial charge in [-0.25, -0.2) is 0 Å². The second-order valence-electron chi connectivity index (χ2n) is 1.54. The second-order valence-corrected chi connectivity index (χ2v) is 1.54. The highest BCUT2D eigenvalue weighted by Gasteiger charge is 1.93. The molecule has 4 heteroatoms. The summed E-state index contributed by atoms with van der Waals surface area (Å²) in [4.78, 5) is 0. The van der Waals surface area contributed by atoms with E-state index in [0.717, 1.165) is 0 Å². The molecule has 0 heterocycles. The smallest absolute Gasteiger partial charge is 0.100 e. The summed E-state index contributed by atoms with van der Waals surface area (Å²) in [6.07, 6.45) is 0.699. The van der Waals surface area contributed by atoms with E-state index in [0.29, 0.717) is 6.54 Å². The average molecular weight is 149 g/mol. The van der Waals surface area contributed by atoms with Crippen molar-refractivity contribution in [2.75, 3.05) is 19.8 Å². The Morgan fingerprint density at radius 1 is 1.40 bits per heavy atom. The van der Waals surface area contributed by atoms with Crippen molar-refractivity contribution in [3.63, 3.8) is 0 Å². The standard InChI is InChI=1S/C3H7N.C3H8O3/c1-2-3-4;4-1-3(6)2-5/h2H,1,3-4H2;3-6H,1-2H2. The van der Waals surface area contributed by atoms with Crippen molar-refractivity contribution < 1.29 is 15.3 Å². The van der Waals surface area contributed by atoms with Gasteiger partial charge in [-0.15, -0.1) is 6.58 Å². The fourth-order valence-electron chi connectivity index (χ4n) is 0.0577. The minimum absolute atomic E-state index is 0.365. The van der Waals surface area contributed by atoms with Crippen molar-refractivity contribution in [2.24, 2.45) is 5.73 Å². The van der Waals surface area contributed by atoms with Gasteiger partial charge in [0.1, 0.15) is 6.10 Å². The van der Waals surface area contributed by atoms with Gasteiger partial charge < -0.3 is 21.1 Å². The number of hydrogen-bond acceptors (Lipinski definition) is 4. The summed E-state index contributed by atoms with van der Waals surface area (Å²) in [6, 6.07) is 0. The van der Waals surface area contributed by atoms with Gasteiger partial charge in [-0.2, -0.15) is 0 Å². The molecule has 0 atom stereocenters. The van der Waals surface area contributed by atoms with Crippen LogP contribution in [0.4, 0.5) is 0 Å². The normalized spacial score (nSPS) is 8.50. The van der Waals surface area contributed by atoms with Crippen LogP contribution in [0.5, 0.6) is 0 Å². The topological polar surface area (TPSA) is 86.7 Å². The lowest BCUT2D eigenvalue weighted by atomic mass is 10.4. The Bertz CT molecular complexity index is 64.0. The molecule has 0 fully saturated rings. The third-order valence-electron chi connectivity index (χ3n) is 0.588. The Hall–Kier alpha value is -0.420. The molecule has 0 saturated heterocycles. The van der Waals surface area contributed by atoms with Crippen molar-refractivity contribution in [2.45, 2.75) is 6.10 Å². The van der Waals surface area contributed by atoms with Gasteiger partial charge in [0.15, 0.2) is 0 Å². The quantitative estimate of drug-likeness (QED) is 0.366. The SMILES string of the molecule is C=CCN.OCC(O)CO. The van der Waals surface area contributed by atoms with E-state index in [-0.39, 0.29) is 13.2 Å². The fraction of sp³-hybridized carbons (Fsp3) is 0.667. The first-order valence-electron chi connectivity index (χ1n) is 2.93. The van der Waals surface area contributed by atoms with E-state index in [1.807, 2.05) is 0 Å². The molecular formula is C6H15NO3. The summed E-state index contributed by atoms with van der Waals surface area (Å²) in [5.41, 5.74) is 4.91. The molecule has 0 aromatic heterocycles. The number of aliphatic hydroxyl groups is 3. The van der Waals surface area contributed by atoms with E-state index in [9.17, 15) is 0 Å². The molecule has 0 rings (SSSR count). The maximum atomic E-state index is 8.17. The van der Waals surface area contributed by atoms with Crippen LogP contribution in [-0.4, -0.2) is 41.2 Å². The summed E-state index contributed by atoms with van der Waals surface area (Å²) in [6.45, 7) is 3.21. The highest BCUT2D eigenvalue weighted by Crippen LogP contribution is 1.71. The molecule has 0 spiro atoms. The Balaban J connectivity index is 0. The van der Waals surface area contributed by atoms with Crippen molar-refractivity contribution in [3.8, 4) is 0 Å². The summed E-state index contributed by atoms with van der Waals surface area (Å²) < 4.78 is 0. The molecule has 62 valence electrons. The Kier molecular flexibility index (Phi) is 14.0. The number of rotatable bonds is 3. The van der Waals surface area contributed by atoms with Crippen LogP contribution in [-0.2, 0) is 0 Å². The van der Waals surface area contributed by atoms with E-state index >= 15 is 0 Å². The van der Waals surface area contributed by atoms with Crippen LogP contribution in [0, 0.1) is 0 Å². The lowest BCUT2D eigenvalue weighted by Gasteiger charge is -1.96. The van der Waals surface area contributed by atoms with Gasteiger partial charge in [0.2, 0.25) is 0 Å². The van der Waals surface area contributed by atoms with E-state index in [4.69, 9.17) is 21.1 Å². The van der Waals surface area contributed by atoms with Crippen LogP contribution in [0.2, 0.25) is 0 Å². The molecular weight excluding hydrogens is 134 g/mol. The minimum atomic E-state index is -0.954. The molecule has 0 unspecified atom stereocenters. The van der Waals surface area contributed by atoms with Crippen molar-refractivity contribution in [1.29, 1.82) is 0 Å². The van der Waals surface area contributed by atoms with E-state index in [1.165, 1.54) is 0 Å². The molecule has 5 N–H and O–H groups in total. The molecule has 4 nitrogen and oxygen atoms in total. The van der Waals surface area contributed by atoms with Gasteiger partial charge >= 0.3 is 0 Å². The predicted octanol–water partition coefficient (Wildman–Crippen LogP) is -1.54. The highest BCUT2D eigenvalue weighted by molar-refractivity contribution is 4.64. The minimum Gasteiger partial charge on any atom is -0.394 e. The Morgan fingerprint density at radius 3 is 1.70 bits per heavy atom. The average Bonchev–Trinajstić information content (AvgIpc) is 2.03. The zero-order valence-corrected chi connectivity index (χ0v) is 5.90. The van der Waals surface area contributed by atoms with Gasteiger partial charge in [-0.1, -0.05) is 6.08 Å². The third kappa shape index (κ3) is 15.6. The molecule has 0 aromatic rings. The Morgan fingerprint density at radius 2 is 1.70 bits per heavy atom. The van der Waals surface area contributed by atoms with Crippen molar-refractivity contribution >= 4 is 0 Å². The lowest BCUT2D eigenvalue weighted by Crippen LogP contribution is -2.15. The predicted molar refractivity (Wildman–Crippen MR) is 39.4 cm³/mol. The summed E-state index contributed by atoms with van der Waals surface area (Å²) in [5.74, 6) is 0. The molecule has 0 saturated carbocycles.